The van der Waals surface area contributed by atoms with E-state index in [0.29, 0.717) is 5.92 Å². The van der Waals surface area contributed by atoms with E-state index in [9.17, 15) is 4.39 Å². The topological polar surface area (TPSA) is 3.24 Å². The van der Waals surface area contributed by atoms with Crippen molar-refractivity contribution >= 4 is 0 Å². The van der Waals surface area contributed by atoms with Crippen LogP contribution in [0.25, 0.3) is 0 Å². The van der Waals surface area contributed by atoms with E-state index in [1.807, 2.05) is 12.1 Å². The summed E-state index contributed by atoms with van der Waals surface area (Å²) in [5.74, 6) is 0.315. The molecule has 1 aromatic rings. The standard InChI is InChI=1S/C13H17FN.Cs/c1-2-15-9-7-11(8-10-15)12-5-3-4-6-13(12)14;/h3,5-6,11H,2,7-10H2,1H3;/q-1;+1. The Morgan fingerprint density at radius 2 is 2.12 bits per heavy atom. The largest absolute Gasteiger partial charge is 1.00 e. The minimum atomic E-state index is -0.0903. The zero-order chi connectivity index (χ0) is 10.7. The Morgan fingerprint density at radius 1 is 1.44 bits per heavy atom. The molecule has 0 bridgehead atoms. The molecule has 0 N–H and O–H groups in total. The van der Waals surface area contributed by atoms with E-state index in [1.165, 1.54) is 6.07 Å². The van der Waals surface area contributed by atoms with Gasteiger partial charge < -0.3 is 4.90 Å². The summed E-state index contributed by atoms with van der Waals surface area (Å²) in [7, 11) is 0. The Balaban J connectivity index is 0.00000128. The van der Waals surface area contributed by atoms with Crippen molar-refractivity contribution in [2.75, 3.05) is 19.6 Å². The molecular weight excluding hydrogens is 322 g/mol. The van der Waals surface area contributed by atoms with Gasteiger partial charge in [0.05, 0.1) is 0 Å². The molecule has 0 saturated carbocycles. The zero-order valence-corrected chi connectivity index (χ0v) is 16.5. The molecule has 1 heterocycles. The molecule has 82 valence electrons. The second-order valence-electron chi connectivity index (χ2n) is 4.16. The molecule has 16 heavy (non-hydrogen) atoms. The summed E-state index contributed by atoms with van der Waals surface area (Å²) in [4.78, 5) is 2.42. The number of rotatable bonds is 2. The molecule has 1 aliphatic heterocycles. The van der Waals surface area contributed by atoms with E-state index in [2.05, 4.69) is 17.9 Å². The summed E-state index contributed by atoms with van der Waals surface area (Å²) in [5.41, 5.74) is 0.879. The molecule has 1 aromatic carbocycles. The molecule has 0 atom stereocenters. The molecule has 0 amide bonds. The fraction of sp³-hybridized carbons (Fsp3) is 0.538. The SMILES string of the molecule is CCN1CCC(c2cc[c-]cc2F)CC1.[Cs+]. The van der Waals surface area contributed by atoms with Gasteiger partial charge in [-0.2, -0.15) is 18.2 Å². The van der Waals surface area contributed by atoms with Gasteiger partial charge in [-0.15, -0.1) is 11.6 Å². The quantitative estimate of drug-likeness (QED) is 0.677. The predicted octanol–water partition coefficient (Wildman–Crippen LogP) is -0.171. The van der Waals surface area contributed by atoms with E-state index in [4.69, 9.17) is 0 Å². The van der Waals surface area contributed by atoms with Gasteiger partial charge in [0.2, 0.25) is 0 Å². The van der Waals surface area contributed by atoms with Crippen LogP contribution in [0.4, 0.5) is 4.39 Å². The summed E-state index contributed by atoms with van der Waals surface area (Å²) >= 11 is 0. The number of halogens is 1. The molecule has 1 nitrogen and oxygen atoms in total. The van der Waals surface area contributed by atoms with Crippen LogP contribution in [-0.4, -0.2) is 24.5 Å². The van der Waals surface area contributed by atoms with Crippen molar-refractivity contribution in [3.8, 4) is 0 Å². The normalized spacial score (nSPS) is 18.1. The Bertz CT molecular complexity index is 321. The average Bonchev–Trinajstić information content (AvgIpc) is 2.30. The van der Waals surface area contributed by atoms with Crippen LogP contribution in [0.2, 0.25) is 0 Å². The third-order valence-electron chi connectivity index (χ3n) is 3.32. The molecule has 2 rings (SSSR count). The smallest absolute Gasteiger partial charge is 0.304 e. The minimum absolute atomic E-state index is 0. The van der Waals surface area contributed by atoms with Crippen molar-refractivity contribution in [3.05, 3.63) is 35.6 Å². The van der Waals surface area contributed by atoms with Gasteiger partial charge in [0.25, 0.3) is 0 Å². The van der Waals surface area contributed by atoms with Crippen molar-refractivity contribution in [1.82, 2.24) is 4.90 Å². The Labute approximate surface area is 156 Å². The molecule has 1 aliphatic rings. The van der Waals surface area contributed by atoms with Gasteiger partial charge in [0.1, 0.15) is 0 Å². The number of benzene rings is 1. The molecule has 1 saturated heterocycles. The van der Waals surface area contributed by atoms with Crippen LogP contribution >= 0.6 is 0 Å². The maximum Gasteiger partial charge on any atom is 1.00 e. The van der Waals surface area contributed by atoms with E-state index in [1.54, 1.807) is 0 Å². The molecule has 0 spiro atoms. The van der Waals surface area contributed by atoms with Crippen LogP contribution in [0.1, 0.15) is 31.2 Å². The van der Waals surface area contributed by atoms with Crippen LogP contribution in [-0.2, 0) is 0 Å². The second-order valence-corrected chi connectivity index (χ2v) is 4.16. The fourth-order valence-electron chi connectivity index (χ4n) is 2.31. The molecule has 0 aromatic heterocycles. The summed E-state index contributed by atoms with van der Waals surface area (Å²) in [6.07, 6.45) is 2.16. The number of hydrogen-bond acceptors (Lipinski definition) is 1. The number of likely N-dealkylation sites (tertiary alicyclic amines) is 1. The molecular formula is C13H17CsFN. The maximum atomic E-state index is 13.5. The van der Waals surface area contributed by atoms with E-state index in [0.717, 1.165) is 38.0 Å². The van der Waals surface area contributed by atoms with Gasteiger partial charge in [-0.05, 0) is 38.4 Å². The van der Waals surface area contributed by atoms with E-state index in [-0.39, 0.29) is 74.7 Å². The van der Waals surface area contributed by atoms with Crippen LogP contribution < -0.4 is 68.9 Å². The molecule has 3 heteroatoms. The average molecular weight is 339 g/mol. The zero-order valence-electron chi connectivity index (χ0n) is 10.2. The minimum Gasteiger partial charge on any atom is -0.304 e. The first kappa shape index (κ1) is 15.2. The van der Waals surface area contributed by atoms with Crippen LogP contribution in [0.5, 0.6) is 0 Å². The first-order chi connectivity index (χ1) is 7.31. The third-order valence-corrected chi connectivity index (χ3v) is 3.32. The van der Waals surface area contributed by atoms with Crippen molar-refractivity contribution in [1.29, 1.82) is 0 Å². The number of piperidine rings is 1. The van der Waals surface area contributed by atoms with Crippen LogP contribution in [0.3, 0.4) is 0 Å². The molecule has 1 fully saturated rings. The van der Waals surface area contributed by atoms with Gasteiger partial charge >= 0.3 is 68.9 Å². The predicted molar refractivity (Wildman–Crippen MR) is 59.3 cm³/mol. The third kappa shape index (κ3) is 3.83. The second kappa shape index (κ2) is 7.56. The Hall–Kier alpha value is 1.16. The Kier molecular flexibility index (Phi) is 7.20. The van der Waals surface area contributed by atoms with E-state index >= 15 is 0 Å². The summed E-state index contributed by atoms with van der Waals surface area (Å²) in [6.45, 7) is 5.48. The van der Waals surface area contributed by atoms with Gasteiger partial charge in [-0.25, -0.2) is 0 Å². The van der Waals surface area contributed by atoms with Crippen molar-refractivity contribution in [2.24, 2.45) is 0 Å². The van der Waals surface area contributed by atoms with Gasteiger partial charge in [0, 0.05) is 5.82 Å². The number of nitrogens with zero attached hydrogens (tertiary/aromatic N) is 1. The molecule has 0 unspecified atom stereocenters. The van der Waals surface area contributed by atoms with Gasteiger partial charge in [0.15, 0.2) is 0 Å². The fourth-order valence-corrected chi connectivity index (χ4v) is 2.31. The van der Waals surface area contributed by atoms with Crippen LogP contribution in [0.15, 0.2) is 18.2 Å². The monoisotopic (exact) mass is 339 g/mol. The first-order valence-electron chi connectivity index (χ1n) is 5.69. The summed E-state index contributed by atoms with van der Waals surface area (Å²) < 4.78 is 13.5. The molecule has 0 radical (unpaired) electrons. The van der Waals surface area contributed by atoms with Crippen molar-refractivity contribution in [2.45, 2.75) is 25.7 Å². The van der Waals surface area contributed by atoms with Crippen molar-refractivity contribution in [3.63, 3.8) is 0 Å². The number of hydrogen-bond donors (Lipinski definition) is 0. The molecule has 0 aliphatic carbocycles. The van der Waals surface area contributed by atoms with E-state index < -0.39 is 0 Å². The van der Waals surface area contributed by atoms with Gasteiger partial charge in [-0.3, -0.25) is 4.39 Å². The maximum absolute atomic E-state index is 13.5. The Morgan fingerprint density at radius 3 is 2.69 bits per heavy atom. The summed E-state index contributed by atoms with van der Waals surface area (Å²) in [5, 5.41) is 0. The van der Waals surface area contributed by atoms with Crippen LogP contribution in [0, 0.1) is 11.9 Å². The van der Waals surface area contributed by atoms with Gasteiger partial charge in [-0.1, -0.05) is 6.92 Å². The van der Waals surface area contributed by atoms with Crippen molar-refractivity contribution < 1.29 is 73.3 Å². The summed E-state index contributed by atoms with van der Waals surface area (Å²) in [6, 6.07) is 7.91. The first-order valence-corrected chi connectivity index (χ1v) is 5.69.